The highest BCUT2D eigenvalue weighted by Gasteiger charge is 2.12. The molecular formula is C11H14N4O. The predicted octanol–water partition coefficient (Wildman–Crippen LogP) is 1.08. The maximum Gasteiger partial charge on any atom is 0.182 e. The molecule has 5 nitrogen and oxygen atoms in total. The predicted molar refractivity (Wildman–Crippen MR) is 59.3 cm³/mol. The first kappa shape index (κ1) is 10.8. The molecule has 0 fully saturated rings. The Morgan fingerprint density at radius 2 is 1.81 bits per heavy atom. The van der Waals surface area contributed by atoms with Gasteiger partial charge in [-0.2, -0.15) is 4.68 Å². The monoisotopic (exact) mass is 218 g/mol. The highest BCUT2D eigenvalue weighted by molar-refractivity contribution is 5.48. The van der Waals surface area contributed by atoms with Crippen LogP contribution in [0.15, 0.2) is 12.1 Å². The zero-order valence-electron chi connectivity index (χ0n) is 9.60. The van der Waals surface area contributed by atoms with E-state index in [0.29, 0.717) is 5.82 Å². The van der Waals surface area contributed by atoms with E-state index in [4.69, 9.17) is 5.11 Å². The highest BCUT2D eigenvalue weighted by Crippen LogP contribution is 2.20. The van der Waals surface area contributed by atoms with Crippen molar-refractivity contribution in [1.29, 1.82) is 0 Å². The summed E-state index contributed by atoms with van der Waals surface area (Å²) >= 11 is 0. The van der Waals surface area contributed by atoms with Crippen LogP contribution in [0.1, 0.15) is 22.5 Å². The standard InChI is InChI=1S/C11H14N4O/c1-7-4-8(2)11(9(3)5-7)15-10(6-16)12-13-14-15/h4-5,16H,6H2,1-3H3. The number of rotatable bonds is 2. The van der Waals surface area contributed by atoms with E-state index in [9.17, 15) is 0 Å². The average Bonchev–Trinajstić information content (AvgIpc) is 2.64. The van der Waals surface area contributed by atoms with Gasteiger partial charge < -0.3 is 5.11 Å². The molecule has 2 aromatic rings. The van der Waals surface area contributed by atoms with Crippen molar-refractivity contribution in [2.24, 2.45) is 0 Å². The first-order valence-corrected chi connectivity index (χ1v) is 5.10. The molecule has 0 aliphatic heterocycles. The van der Waals surface area contributed by atoms with E-state index < -0.39 is 0 Å². The van der Waals surface area contributed by atoms with Crippen molar-refractivity contribution in [3.8, 4) is 5.69 Å². The Labute approximate surface area is 93.7 Å². The van der Waals surface area contributed by atoms with E-state index in [-0.39, 0.29) is 6.61 Å². The second-order valence-corrected chi connectivity index (χ2v) is 3.91. The molecule has 0 radical (unpaired) electrons. The third-order valence-electron chi connectivity index (χ3n) is 2.52. The van der Waals surface area contributed by atoms with Crippen molar-refractivity contribution in [2.75, 3.05) is 0 Å². The van der Waals surface area contributed by atoms with E-state index in [0.717, 1.165) is 16.8 Å². The molecule has 0 saturated carbocycles. The third-order valence-corrected chi connectivity index (χ3v) is 2.52. The number of tetrazole rings is 1. The molecule has 0 saturated heterocycles. The summed E-state index contributed by atoms with van der Waals surface area (Å²) in [5.41, 5.74) is 4.34. The van der Waals surface area contributed by atoms with Crippen LogP contribution < -0.4 is 0 Å². The fraction of sp³-hybridized carbons (Fsp3) is 0.364. The average molecular weight is 218 g/mol. The van der Waals surface area contributed by atoms with Gasteiger partial charge in [-0.1, -0.05) is 17.7 Å². The van der Waals surface area contributed by atoms with Crippen LogP contribution in [0.5, 0.6) is 0 Å². The van der Waals surface area contributed by atoms with Gasteiger partial charge in [0.25, 0.3) is 0 Å². The van der Waals surface area contributed by atoms with Gasteiger partial charge in [-0.25, -0.2) is 0 Å². The zero-order chi connectivity index (χ0) is 11.7. The molecule has 1 aromatic carbocycles. The molecule has 16 heavy (non-hydrogen) atoms. The number of hydrogen-bond acceptors (Lipinski definition) is 4. The normalized spacial score (nSPS) is 10.8. The summed E-state index contributed by atoms with van der Waals surface area (Å²) < 4.78 is 1.59. The Morgan fingerprint density at radius 1 is 1.19 bits per heavy atom. The minimum atomic E-state index is -0.167. The lowest BCUT2D eigenvalue weighted by Gasteiger charge is -2.11. The Kier molecular flexibility index (Phi) is 2.70. The van der Waals surface area contributed by atoms with E-state index in [1.165, 1.54) is 5.56 Å². The second-order valence-electron chi connectivity index (χ2n) is 3.91. The lowest BCUT2D eigenvalue weighted by Crippen LogP contribution is -2.07. The van der Waals surface area contributed by atoms with Gasteiger partial charge in [0.05, 0.1) is 5.69 Å². The van der Waals surface area contributed by atoms with Gasteiger partial charge in [0, 0.05) is 0 Å². The molecule has 0 bridgehead atoms. The van der Waals surface area contributed by atoms with E-state index in [2.05, 4.69) is 34.6 Å². The van der Waals surface area contributed by atoms with E-state index in [1.54, 1.807) is 4.68 Å². The molecule has 0 aliphatic carbocycles. The largest absolute Gasteiger partial charge is 0.388 e. The Balaban J connectivity index is 2.64. The molecule has 0 amide bonds. The Hall–Kier alpha value is -1.75. The highest BCUT2D eigenvalue weighted by atomic mass is 16.3. The molecule has 84 valence electrons. The van der Waals surface area contributed by atoms with Crippen molar-refractivity contribution < 1.29 is 5.11 Å². The van der Waals surface area contributed by atoms with Crippen molar-refractivity contribution in [3.05, 3.63) is 34.6 Å². The van der Waals surface area contributed by atoms with E-state index >= 15 is 0 Å². The van der Waals surface area contributed by atoms with Crippen LogP contribution in [0.25, 0.3) is 5.69 Å². The van der Waals surface area contributed by atoms with Crippen LogP contribution in [0.3, 0.4) is 0 Å². The molecule has 1 heterocycles. The van der Waals surface area contributed by atoms with Crippen LogP contribution in [0.4, 0.5) is 0 Å². The molecule has 0 atom stereocenters. The van der Waals surface area contributed by atoms with Gasteiger partial charge in [0.15, 0.2) is 5.82 Å². The quantitative estimate of drug-likeness (QED) is 0.819. The Bertz CT molecular complexity index is 495. The number of aryl methyl sites for hydroxylation is 3. The smallest absolute Gasteiger partial charge is 0.182 e. The first-order chi connectivity index (χ1) is 7.63. The number of aliphatic hydroxyl groups is 1. The summed E-state index contributed by atoms with van der Waals surface area (Å²) in [5, 5.41) is 20.4. The molecule has 1 N–H and O–H groups in total. The maximum atomic E-state index is 9.14. The second kappa shape index (κ2) is 4.02. The molecule has 0 spiro atoms. The number of aromatic nitrogens is 4. The lowest BCUT2D eigenvalue weighted by molar-refractivity contribution is 0.268. The number of hydrogen-bond donors (Lipinski definition) is 1. The summed E-state index contributed by atoms with van der Waals surface area (Å²) in [6, 6.07) is 4.15. The van der Waals surface area contributed by atoms with Gasteiger partial charge >= 0.3 is 0 Å². The third kappa shape index (κ3) is 1.69. The van der Waals surface area contributed by atoms with Crippen LogP contribution in [0.2, 0.25) is 0 Å². The summed E-state index contributed by atoms with van der Waals surface area (Å²) in [7, 11) is 0. The van der Waals surface area contributed by atoms with Crippen molar-refractivity contribution in [3.63, 3.8) is 0 Å². The minimum absolute atomic E-state index is 0.167. The van der Waals surface area contributed by atoms with Gasteiger partial charge in [0.1, 0.15) is 6.61 Å². The number of nitrogens with zero attached hydrogens (tertiary/aromatic N) is 4. The molecular weight excluding hydrogens is 204 g/mol. The first-order valence-electron chi connectivity index (χ1n) is 5.10. The van der Waals surface area contributed by atoms with Crippen LogP contribution >= 0.6 is 0 Å². The number of aliphatic hydroxyl groups excluding tert-OH is 1. The van der Waals surface area contributed by atoms with Crippen molar-refractivity contribution in [1.82, 2.24) is 20.2 Å². The fourth-order valence-corrected chi connectivity index (χ4v) is 1.98. The summed E-state index contributed by atoms with van der Waals surface area (Å²) in [6.45, 7) is 5.91. The summed E-state index contributed by atoms with van der Waals surface area (Å²) in [4.78, 5) is 0. The van der Waals surface area contributed by atoms with Gasteiger partial charge in [-0.3, -0.25) is 0 Å². The molecule has 0 aliphatic rings. The van der Waals surface area contributed by atoms with Crippen LogP contribution in [0, 0.1) is 20.8 Å². The fourth-order valence-electron chi connectivity index (χ4n) is 1.98. The SMILES string of the molecule is Cc1cc(C)c(-n2nnnc2CO)c(C)c1. The topological polar surface area (TPSA) is 63.8 Å². The van der Waals surface area contributed by atoms with Crippen LogP contribution in [-0.2, 0) is 6.61 Å². The Morgan fingerprint density at radius 3 is 2.38 bits per heavy atom. The lowest BCUT2D eigenvalue weighted by atomic mass is 10.1. The van der Waals surface area contributed by atoms with Gasteiger partial charge in [-0.15, -0.1) is 5.10 Å². The zero-order valence-corrected chi connectivity index (χ0v) is 9.60. The van der Waals surface area contributed by atoms with Crippen LogP contribution in [-0.4, -0.2) is 25.3 Å². The van der Waals surface area contributed by atoms with Crippen molar-refractivity contribution >= 4 is 0 Å². The molecule has 5 heteroatoms. The molecule has 0 unspecified atom stereocenters. The summed E-state index contributed by atoms with van der Waals surface area (Å²) in [6.07, 6.45) is 0. The van der Waals surface area contributed by atoms with Gasteiger partial charge in [0.2, 0.25) is 0 Å². The molecule has 1 aromatic heterocycles. The molecule has 2 rings (SSSR count). The van der Waals surface area contributed by atoms with Crippen molar-refractivity contribution in [2.45, 2.75) is 27.4 Å². The number of benzene rings is 1. The van der Waals surface area contributed by atoms with Gasteiger partial charge in [-0.05, 0) is 42.3 Å². The maximum absolute atomic E-state index is 9.14. The summed E-state index contributed by atoms with van der Waals surface area (Å²) in [5.74, 6) is 0.454. The minimum Gasteiger partial charge on any atom is -0.388 e. The van der Waals surface area contributed by atoms with E-state index in [1.807, 2.05) is 13.8 Å².